The number of anilines is 1. The van der Waals surface area contributed by atoms with Crippen LogP contribution in [0.2, 0.25) is 0 Å². The van der Waals surface area contributed by atoms with Gasteiger partial charge in [-0.3, -0.25) is 4.68 Å². The summed E-state index contributed by atoms with van der Waals surface area (Å²) in [6, 6.07) is 3.44. The second-order valence-electron chi connectivity index (χ2n) is 7.68. The average Bonchev–Trinajstić information content (AvgIpc) is 3.24. The molecule has 7 nitrogen and oxygen atoms in total. The van der Waals surface area contributed by atoms with Gasteiger partial charge in [-0.1, -0.05) is 6.42 Å². The summed E-state index contributed by atoms with van der Waals surface area (Å²) in [6.45, 7) is 5.80. The third-order valence-electron chi connectivity index (χ3n) is 5.93. The van der Waals surface area contributed by atoms with E-state index < -0.39 is 10.0 Å². The molecule has 2 aromatic rings. The van der Waals surface area contributed by atoms with Gasteiger partial charge in [0.2, 0.25) is 10.0 Å². The molecule has 0 unspecified atom stereocenters. The highest BCUT2D eigenvalue weighted by molar-refractivity contribution is 7.89. The van der Waals surface area contributed by atoms with Gasteiger partial charge in [0.1, 0.15) is 10.7 Å². The maximum atomic E-state index is 13.2. The number of sulfonamides is 1. The standard InChI is InChI=1S/C20H29N5O2S/c1-2-24-16-18(15-22-24)17-8-13-23(14-9-17)20-19(7-6-10-21-20)28(26,27)25-11-4-3-5-12-25/h6-7,10,15-17H,2-5,8-9,11-14H2,1H3. The maximum Gasteiger partial charge on any atom is 0.246 e. The van der Waals surface area contributed by atoms with Crippen LogP contribution >= 0.6 is 0 Å². The fourth-order valence-corrected chi connectivity index (χ4v) is 5.93. The molecule has 0 amide bonds. The molecular weight excluding hydrogens is 374 g/mol. The van der Waals surface area contributed by atoms with E-state index in [4.69, 9.17) is 0 Å². The van der Waals surface area contributed by atoms with Crippen molar-refractivity contribution in [2.45, 2.75) is 56.4 Å². The van der Waals surface area contributed by atoms with E-state index in [2.05, 4.69) is 28.1 Å². The van der Waals surface area contributed by atoms with Crippen molar-refractivity contribution in [3.63, 3.8) is 0 Å². The Kier molecular flexibility index (Phi) is 5.68. The fraction of sp³-hybridized carbons (Fsp3) is 0.600. The summed E-state index contributed by atoms with van der Waals surface area (Å²) >= 11 is 0. The zero-order valence-electron chi connectivity index (χ0n) is 16.5. The van der Waals surface area contributed by atoms with E-state index in [1.807, 2.05) is 10.9 Å². The van der Waals surface area contributed by atoms with Gasteiger partial charge < -0.3 is 4.90 Å². The zero-order valence-corrected chi connectivity index (χ0v) is 17.3. The maximum absolute atomic E-state index is 13.2. The molecule has 0 spiro atoms. The molecule has 4 rings (SSSR count). The Morgan fingerprint density at radius 3 is 2.54 bits per heavy atom. The van der Waals surface area contributed by atoms with Crippen molar-refractivity contribution >= 4 is 15.8 Å². The Morgan fingerprint density at radius 2 is 1.86 bits per heavy atom. The third kappa shape index (κ3) is 3.80. The first-order chi connectivity index (χ1) is 13.6. The average molecular weight is 404 g/mol. The molecule has 0 aliphatic carbocycles. The van der Waals surface area contributed by atoms with Crippen LogP contribution in [0.15, 0.2) is 35.6 Å². The van der Waals surface area contributed by atoms with E-state index in [1.54, 1.807) is 22.6 Å². The molecular formula is C20H29N5O2S. The molecule has 0 atom stereocenters. The number of hydrogen-bond donors (Lipinski definition) is 0. The summed E-state index contributed by atoms with van der Waals surface area (Å²) < 4.78 is 30.0. The second-order valence-corrected chi connectivity index (χ2v) is 9.59. The van der Waals surface area contributed by atoms with Crippen LogP contribution in [0, 0.1) is 0 Å². The van der Waals surface area contributed by atoms with Crippen LogP contribution in [0.3, 0.4) is 0 Å². The van der Waals surface area contributed by atoms with Gasteiger partial charge in [-0.15, -0.1) is 0 Å². The Labute approximate surface area is 167 Å². The van der Waals surface area contributed by atoms with Crippen molar-refractivity contribution in [1.29, 1.82) is 0 Å². The van der Waals surface area contributed by atoms with Gasteiger partial charge in [-0.05, 0) is 56.2 Å². The molecule has 28 heavy (non-hydrogen) atoms. The van der Waals surface area contributed by atoms with Crippen LogP contribution in [0.25, 0.3) is 0 Å². The molecule has 2 aromatic heterocycles. The van der Waals surface area contributed by atoms with Gasteiger partial charge in [-0.25, -0.2) is 13.4 Å². The van der Waals surface area contributed by atoms with Crippen LogP contribution in [-0.2, 0) is 16.6 Å². The van der Waals surface area contributed by atoms with Gasteiger partial charge in [0.05, 0.1) is 6.20 Å². The van der Waals surface area contributed by atoms with Crippen LogP contribution in [-0.4, -0.2) is 53.7 Å². The largest absolute Gasteiger partial charge is 0.355 e. The lowest BCUT2D eigenvalue weighted by Crippen LogP contribution is -2.38. The summed E-state index contributed by atoms with van der Waals surface area (Å²) in [5, 5.41) is 4.39. The third-order valence-corrected chi connectivity index (χ3v) is 7.85. The number of pyridine rings is 1. The Morgan fingerprint density at radius 1 is 1.11 bits per heavy atom. The van der Waals surface area contributed by atoms with Crippen LogP contribution in [0.4, 0.5) is 5.82 Å². The van der Waals surface area contributed by atoms with Crippen LogP contribution in [0.1, 0.15) is 50.5 Å². The predicted octanol–water partition coefficient (Wildman–Crippen LogP) is 2.86. The van der Waals surface area contributed by atoms with E-state index in [0.717, 1.165) is 51.7 Å². The number of nitrogens with zero attached hydrogens (tertiary/aromatic N) is 5. The SMILES string of the molecule is CCn1cc(C2CCN(c3ncccc3S(=O)(=O)N3CCCCC3)CC2)cn1. The minimum Gasteiger partial charge on any atom is -0.355 e. The lowest BCUT2D eigenvalue weighted by atomic mass is 9.91. The highest BCUT2D eigenvalue weighted by Crippen LogP contribution is 2.33. The molecule has 0 aromatic carbocycles. The van der Waals surface area contributed by atoms with Crippen molar-refractivity contribution in [3.8, 4) is 0 Å². The van der Waals surface area contributed by atoms with E-state index >= 15 is 0 Å². The zero-order chi connectivity index (χ0) is 19.6. The van der Waals surface area contributed by atoms with E-state index in [0.29, 0.717) is 29.7 Å². The summed E-state index contributed by atoms with van der Waals surface area (Å²) in [5.74, 6) is 1.08. The quantitative estimate of drug-likeness (QED) is 0.768. The van der Waals surface area contributed by atoms with E-state index in [-0.39, 0.29) is 0 Å². The molecule has 2 saturated heterocycles. The topological polar surface area (TPSA) is 71.3 Å². The molecule has 0 N–H and O–H groups in total. The number of aryl methyl sites for hydroxylation is 1. The normalized spacial score (nSPS) is 19.8. The van der Waals surface area contributed by atoms with Crippen molar-refractivity contribution in [1.82, 2.24) is 19.1 Å². The summed E-state index contributed by atoms with van der Waals surface area (Å²) in [4.78, 5) is 6.97. The van der Waals surface area contributed by atoms with Gasteiger partial charge >= 0.3 is 0 Å². The molecule has 0 bridgehead atoms. The number of rotatable bonds is 5. The molecule has 2 fully saturated rings. The van der Waals surface area contributed by atoms with Crippen LogP contribution < -0.4 is 4.90 Å². The molecule has 8 heteroatoms. The second kappa shape index (κ2) is 8.21. The first-order valence-electron chi connectivity index (χ1n) is 10.3. The minimum absolute atomic E-state index is 0.356. The Balaban J connectivity index is 1.51. The van der Waals surface area contributed by atoms with Gasteiger partial charge in [0.15, 0.2) is 0 Å². The summed E-state index contributed by atoms with van der Waals surface area (Å²) in [6.07, 6.45) is 10.7. The molecule has 2 aliphatic rings. The van der Waals surface area contributed by atoms with Gasteiger partial charge in [0.25, 0.3) is 0 Å². The smallest absolute Gasteiger partial charge is 0.246 e. The molecule has 2 aliphatic heterocycles. The molecule has 0 radical (unpaired) electrons. The van der Waals surface area contributed by atoms with Gasteiger partial charge in [0, 0.05) is 45.1 Å². The Bertz CT molecular complexity index is 897. The monoisotopic (exact) mass is 403 g/mol. The highest BCUT2D eigenvalue weighted by atomic mass is 32.2. The summed E-state index contributed by atoms with van der Waals surface area (Å²) in [7, 11) is -3.49. The van der Waals surface area contributed by atoms with E-state index in [9.17, 15) is 8.42 Å². The van der Waals surface area contributed by atoms with Crippen molar-refractivity contribution in [2.75, 3.05) is 31.1 Å². The van der Waals surface area contributed by atoms with Gasteiger partial charge in [-0.2, -0.15) is 9.40 Å². The fourth-order valence-electron chi connectivity index (χ4n) is 4.25. The number of aromatic nitrogens is 3. The van der Waals surface area contributed by atoms with Crippen molar-refractivity contribution < 1.29 is 8.42 Å². The van der Waals surface area contributed by atoms with E-state index in [1.165, 1.54) is 5.56 Å². The number of hydrogen-bond acceptors (Lipinski definition) is 5. The molecule has 0 saturated carbocycles. The first-order valence-corrected chi connectivity index (χ1v) is 11.8. The molecule has 4 heterocycles. The lowest BCUT2D eigenvalue weighted by Gasteiger charge is -2.34. The first kappa shape index (κ1) is 19.4. The highest BCUT2D eigenvalue weighted by Gasteiger charge is 2.32. The Hall–Kier alpha value is -1.93. The molecule has 152 valence electrons. The predicted molar refractivity (Wildman–Crippen MR) is 109 cm³/mol. The minimum atomic E-state index is -3.49. The summed E-state index contributed by atoms with van der Waals surface area (Å²) in [5.41, 5.74) is 1.28. The number of piperidine rings is 2. The van der Waals surface area contributed by atoms with Crippen LogP contribution in [0.5, 0.6) is 0 Å². The van der Waals surface area contributed by atoms with Crippen molar-refractivity contribution in [3.05, 3.63) is 36.3 Å². The van der Waals surface area contributed by atoms with Crippen molar-refractivity contribution in [2.24, 2.45) is 0 Å². The lowest BCUT2D eigenvalue weighted by molar-refractivity contribution is 0.346.